The number of carboxylic acid groups (broad SMARTS) is 2. The Morgan fingerprint density at radius 3 is 1.98 bits per heavy atom. The molecule has 3 aromatic carbocycles. The van der Waals surface area contributed by atoms with E-state index in [-0.39, 0.29) is 28.5 Å². The lowest BCUT2D eigenvalue weighted by molar-refractivity contribution is -0.172. The van der Waals surface area contributed by atoms with Crippen LogP contribution in [-0.4, -0.2) is 72.0 Å². The molecule has 2 aliphatic heterocycles. The molecule has 0 spiro atoms. The van der Waals surface area contributed by atoms with Crippen molar-refractivity contribution < 1.29 is 24.5 Å². The molecule has 46 heavy (non-hydrogen) atoms. The Morgan fingerprint density at radius 2 is 1.43 bits per heavy atom. The summed E-state index contributed by atoms with van der Waals surface area (Å²) in [5.74, 6) is -3.16. The van der Waals surface area contributed by atoms with Gasteiger partial charge in [0.05, 0.1) is 27.5 Å². The Kier molecular flexibility index (Phi) is 10.5. The Morgan fingerprint density at radius 1 is 0.848 bits per heavy atom. The molecule has 0 aliphatic carbocycles. The molecule has 5 atom stereocenters. The molecule has 0 amide bonds. The number of ether oxygens (including phenoxy) is 1. The second kappa shape index (κ2) is 14.0. The van der Waals surface area contributed by atoms with Gasteiger partial charge in [-0.25, -0.2) is 0 Å². The molecule has 0 saturated carbocycles. The van der Waals surface area contributed by atoms with Crippen molar-refractivity contribution in [3.63, 3.8) is 0 Å². The topological polar surface area (TPSA) is 99.1 Å². The summed E-state index contributed by atoms with van der Waals surface area (Å²) in [5, 5.41) is 25.1. The third-order valence-corrected chi connectivity index (χ3v) is 11.8. The number of nitrogens with zero attached hydrogens (tertiary/aromatic N) is 1. The number of rotatable bonds is 11. The monoisotopic (exact) mass is 666 g/mol. The van der Waals surface area contributed by atoms with Gasteiger partial charge in [-0.1, -0.05) is 96.0 Å². The van der Waals surface area contributed by atoms with Crippen molar-refractivity contribution in [2.24, 2.45) is 10.8 Å². The molecule has 3 aromatic rings. The van der Waals surface area contributed by atoms with Crippen LogP contribution in [0, 0.1) is 10.8 Å². The second-order valence-electron chi connectivity index (χ2n) is 13.1. The number of carboxylic acids is 2. The lowest BCUT2D eigenvalue weighted by Gasteiger charge is -2.56. The summed E-state index contributed by atoms with van der Waals surface area (Å²) in [7, 11) is 0. The van der Waals surface area contributed by atoms with Crippen LogP contribution in [0.3, 0.4) is 0 Å². The Balaban J connectivity index is 1.29. The molecule has 0 aromatic heterocycles. The van der Waals surface area contributed by atoms with E-state index < -0.39 is 40.8 Å². The molecule has 4 unspecified atom stereocenters. The molecule has 5 rings (SSSR count). The predicted octanol–water partition coefficient (Wildman–Crippen LogP) is 7.11. The summed E-state index contributed by atoms with van der Waals surface area (Å²) in [6, 6.07) is 25.4. The van der Waals surface area contributed by atoms with Crippen molar-refractivity contribution in [3.8, 4) is 0 Å². The minimum Gasteiger partial charge on any atom is -0.481 e. The van der Waals surface area contributed by atoms with Gasteiger partial charge in [-0.15, -0.1) is 0 Å². The Hall–Kier alpha value is -2.94. The molecule has 2 fully saturated rings. The smallest absolute Gasteiger partial charge is 0.311 e. The molecule has 2 saturated heterocycles. The summed E-state index contributed by atoms with van der Waals surface area (Å²) in [5.41, 5.74) is 0.0469. The number of benzene rings is 3. The first-order valence-electron chi connectivity index (χ1n) is 16.1. The van der Waals surface area contributed by atoms with Gasteiger partial charge in [0.15, 0.2) is 0 Å². The molecule has 0 radical (unpaired) electrons. The Labute approximate surface area is 281 Å². The molecule has 2 aliphatic rings. The van der Waals surface area contributed by atoms with E-state index in [1.54, 1.807) is 39.0 Å². The van der Waals surface area contributed by atoms with Crippen molar-refractivity contribution in [1.82, 2.24) is 10.2 Å². The molecular weight excluding hydrogens is 623 g/mol. The second-order valence-corrected chi connectivity index (χ2v) is 13.9. The van der Waals surface area contributed by atoms with Gasteiger partial charge < -0.3 is 25.2 Å². The first kappa shape index (κ1) is 34.4. The van der Waals surface area contributed by atoms with Crippen LogP contribution in [0.15, 0.2) is 78.9 Å². The average molecular weight is 668 g/mol. The average Bonchev–Trinajstić information content (AvgIpc) is 3.05. The molecule has 2 heterocycles. The van der Waals surface area contributed by atoms with Crippen molar-refractivity contribution in [1.29, 1.82) is 0 Å². The van der Waals surface area contributed by atoms with Crippen LogP contribution in [0.4, 0.5) is 0 Å². The predicted molar refractivity (Wildman–Crippen MR) is 182 cm³/mol. The van der Waals surface area contributed by atoms with E-state index in [4.69, 9.17) is 27.9 Å². The van der Waals surface area contributed by atoms with Gasteiger partial charge in [0, 0.05) is 36.6 Å². The van der Waals surface area contributed by atoms with Crippen LogP contribution in [-0.2, 0) is 19.7 Å². The van der Waals surface area contributed by atoms with E-state index in [2.05, 4.69) is 70.9 Å². The molecule has 0 bridgehead atoms. The number of nitrogens with one attached hydrogen (secondary N) is 1. The van der Waals surface area contributed by atoms with Crippen LogP contribution < -0.4 is 5.32 Å². The third-order valence-electron chi connectivity index (χ3n) is 11.0. The van der Waals surface area contributed by atoms with Gasteiger partial charge >= 0.3 is 11.9 Å². The van der Waals surface area contributed by atoms with Crippen molar-refractivity contribution in [2.45, 2.75) is 63.5 Å². The summed E-state index contributed by atoms with van der Waals surface area (Å²) in [6.07, 6.45) is 2.07. The van der Waals surface area contributed by atoms with E-state index in [0.717, 1.165) is 32.5 Å². The molecular formula is C37H44Cl2N2O5. The fourth-order valence-corrected chi connectivity index (χ4v) is 8.53. The van der Waals surface area contributed by atoms with Crippen molar-refractivity contribution in [3.05, 3.63) is 106 Å². The lowest BCUT2D eigenvalue weighted by Crippen LogP contribution is -2.69. The van der Waals surface area contributed by atoms with Crippen LogP contribution in [0.1, 0.15) is 62.6 Å². The van der Waals surface area contributed by atoms with Crippen LogP contribution in [0.2, 0.25) is 10.0 Å². The number of likely N-dealkylation sites (tertiary alicyclic amines) is 1. The summed E-state index contributed by atoms with van der Waals surface area (Å²) in [6.45, 7) is 8.33. The van der Waals surface area contributed by atoms with E-state index >= 15 is 0 Å². The standard InChI is InChI=1S/C37H44Cl2N2O5/c1-25-35(3,33(42)43)32(29-15-10-16-30(38)31(29)39)37(34(44)45,26(2)40-25)19-23-46-24-22-41-20-17-36(18-21-41,27-11-6-4-7-12-27)28-13-8-5-9-14-28/h4-16,25-26,32,40H,17-24H2,1-3H3,(H,42,43)(H,44,45)/t25?,26?,32-,35?,37?/m1/s1. The fourth-order valence-electron chi connectivity index (χ4n) is 8.11. The quantitative estimate of drug-likeness (QED) is 0.188. The number of piperidine rings is 2. The van der Waals surface area contributed by atoms with Gasteiger partial charge in [0.2, 0.25) is 0 Å². The summed E-state index contributed by atoms with van der Waals surface area (Å²) >= 11 is 13.1. The highest BCUT2D eigenvalue weighted by molar-refractivity contribution is 6.42. The summed E-state index contributed by atoms with van der Waals surface area (Å²) < 4.78 is 6.14. The first-order valence-corrected chi connectivity index (χ1v) is 16.8. The highest BCUT2D eigenvalue weighted by Crippen LogP contribution is 2.58. The van der Waals surface area contributed by atoms with E-state index in [1.165, 1.54) is 11.1 Å². The van der Waals surface area contributed by atoms with Crippen LogP contribution in [0.25, 0.3) is 0 Å². The highest BCUT2D eigenvalue weighted by atomic mass is 35.5. The van der Waals surface area contributed by atoms with Gasteiger partial charge in [0.25, 0.3) is 0 Å². The van der Waals surface area contributed by atoms with Gasteiger partial charge in [0.1, 0.15) is 0 Å². The highest BCUT2D eigenvalue weighted by Gasteiger charge is 2.65. The zero-order chi connectivity index (χ0) is 33.1. The van der Waals surface area contributed by atoms with E-state index in [9.17, 15) is 19.8 Å². The number of halogens is 2. The molecule has 246 valence electrons. The third kappa shape index (κ3) is 6.09. The van der Waals surface area contributed by atoms with E-state index in [1.807, 2.05) is 0 Å². The SMILES string of the molecule is CC1NC(C)C(CCOCCN2CCC(c3ccccc3)(c3ccccc3)CC2)(C(=O)O)[C@H](c2cccc(Cl)c2Cl)C1(C)C(=O)O. The van der Waals surface area contributed by atoms with Crippen LogP contribution in [0.5, 0.6) is 0 Å². The lowest BCUT2D eigenvalue weighted by atomic mass is 9.51. The van der Waals surface area contributed by atoms with Crippen molar-refractivity contribution in [2.75, 3.05) is 32.8 Å². The molecule has 9 heteroatoms. The number of carbonyl (C=O) groups is 2. The molecule has 7 nitrogen and oxygen atoms in total. The normalized spacial score (nSPS) is 28.1. The Bertz CT molecular complexity index is 1470. The fraction of sp³-hybridized carbons (Fsp3) is 0.459. The first-order chi connectivity index (χ1) is 22.0. The van der Waals surface area contributed by atoms with Gasteiger partial charge in [-0.3, -0.25) is 9.59 Å². The molecule has 3 N–H and O–H groups in total. The minimum atomic E-state index is -1.52. The van der Waals surface area contributed by atoms with E-state index in [0.29, 0.717) is 12.2 Å². The van der Waals surface area contributed by atoms with Gasteiger partial charge in [-0.05, 0) is 75.9 Å². The maximum absolute atomic E-state index is 13.3. The number of hydrogen-bond acceptors (Lipinski definition) is 5. The zero-order valence-electron chi connectivity index (χ0n) is 26.7. The largest absolute Gasteiger partial charge is 0.481 e. The van der Waals surface area contributed by atoms with Crippen LogP contribution >= 0.6 is 23.2 Å². The van der Waals surface area contributed by atoms with Crippen molar-refractivity contribution >= 4 is 35.1 Å². The summed E-state index contributed by atoms with van der Waals surface area (Å²) in [4.78, 5) is 28.6. The minimum absolute atomic E-state index is 0.0393. The number of hydrogen-bond donors (Lipinski definition) is 3. The maximum atomic E-state index is 13.3. The maximum Gasteiger partial charge on any atom is 0.311 e. The zero-order valence-corrected chi connectivity index (χ0v) is 28.2. The number of aliphatic carboxylic acids is 2. The van der Waals surface area contributed by atoms with Gasteiger partial charge in [-0.2, -0.15) is 0 Å².